The molecule has 1 unspecified atom stereocenters. The second kappa shape index (κ2) is 5.67. The number of nitrogens with zero attached hydrogens (tertiary/aromatic N) is 2. The van der Waals surface area contributed by atoms with E-state index < -0.39 is 22.4 Å². The third-order valence-electron chi connectivity index (χ3n) is 2.38. The van der Waals surface area contributed by atoms with Crippen molar-refractivity contribution in [3.63, 3.8) is 0 Å². The van der Waals surface area contributed by atoms with E-state index in [1.807, 2.05) is 6.07 Å². The van der Waals surface area contributed by atoms with Gasteiger partial charge in [0.05, 0.1) is 21.4 Å². The lowest BCUT2D eigenvalue weighted by molar-refractivity contribution is 0.572. The van der Waals surface area contributed by atoms with Crippen molar-refractivity contribution in [2.75, 3.05) is 0 Å². The minimum absolute atomic E-state index is 0.00241. The maximum absolute atomic E-state index is 13.4. The molecule has 3 nitrogen and oxygen atoms in total. The number of pyridine rings is 1. The average Bonchev–Trinajstić information content (AvgIpc) is 2.41. The highest BCUT2D eigenvalue weighted by molar-refractivity contribution is 7.84. The minimum atomic E-state index is -1.72. The van der Waals surface area contributed by atoms with Crippen LogP contribution in [0.5, 0.6) is 0 Å². The van der Waals surface area contributed by atoms with Gasteiger partial charge >= 0.3 is 0 Å². The molecule has 6 heteroatoms. The fourth-order valence-corrected chi connectivity index (χ4v) is 2.67. The first-order valence-electron chi connectivity index (χ1n) is 5.28. The van der Waals surface area contributed by atoms with E-state index in [2.05, 4.69) is 4.98 Å². The molecular weight excluding hydrogens is 270 g/mol. The molecule has 2 aromatic rings. The molecule has 2 rings (SSSR count). The molecule has 0 aliphatic heterocycles. The zero-order valence-electron chi connectivity index (χ0n) is 9.64. The van der Waals surface area contributed by atoms with Crippen LogP contribution in [0.1, 0.15) is 11.3 Å². The van der Waals surface area contributed by atoms with Gasteiger partial charge in [-0.25, -0.2) is 13.8 Å². The zero-order chi connectivity index (χ0) is 13.8. The summed E-state index contributed by atoms with van der Waals surface area (Å²) in [4.78, 5) is 3.59. The monoisotopic (exact) mass is 278 g/mol. The number of halogens is 2. The highest BCUT2D eigenvalue weighted by atomic mass is 32.2. The number of aromatic nitrogens is 1. The van der Waals surface area contributed by atoms with Crippen molar-refractivity contribution in [2.45, 2.75) is 10.6 Å². The van der Waals surface area contributed by atoms with E-state index in [1.165, 1.54) is 12.3 Å². The first-order valence-corrected chi connectivity index (χ1v) is 6.60. The molecule has 1 atom stereocenters. The second-order valence-corrected chi connectivity index (χ2v) is 5.15. The fourth-order valence-electron chi connectivity index (χ4n) is 1.51. The van der Waals surface area contributed by atoms with Crippen molar-refractivity contribution in [1.82, 2.24) is 4.98 Å². The van der Waals surface area contributed by atoms with Crippen LogP contribution in [0.15, 0.2) is 41.4 Å². The summed E-state index contributed by atoms with van der Waals surface area (Å²) in [6.45, 7) is 0. The van der Waals surface area contributed by atoms with E-state index >= 15 is 0 Å². The standard InChI is InChI=1S/C13H8F2N2OS/c14-10-1-2-12(15)13(6-10)19(18)8-9-3-4-17-11(5-9)7-16/h1-6H,8H2. The zero-order valence-corrected chi connectivity index (χ0v) is 10.5. The molecule has 1 aromatic carbocycles. The van der Waals surface area contributed by atoms with Crippen LogP contribution in [-0.4, -0.2) is 9.19 Å². The molecule has 1 aromatic heterocycles. The van der Waals surface area contributed by atoms with E-state index in [4.69, 9.17) is 5.26 Å². The Morgan fingerprint density at radius 2 is 2.05 bits per heavy atom. The largest absolute Gasteiger partial charge is 0.254 e. The van der Waals surface area contributed by atoms with Gasteiger partial charge in [-0.1, -0.05) is 0 Å². The van der Waals surface area contributed by atoms with Crippen LogP contribution in [0.3, 0.4) is 0 Å². The number of rotatable bonds is 3. The molecule has 0 aliphatic carbocycles. The Labute approximate surface area is 111 Å². The van der Waals surface area contributed by atoms with Crippen LogP contribution in [-0.2, 0) is 16.6 Å². The molecule has 0 fully saturated rings. The summed E-state index contributed by atoms with van der Waals surface area (Å²) in [7, 11) is -1.72. The lowest BCUT2D eigenvalue weighted by Gasteiger charge is -2.04. The normalized spacial score (nSPS) is 11.8. The van der Waals surface area contributed by atoms with Gasteiger partial charge in [0.25, 0.3) is 0 Å². The van der Waals surface area contributed by atoms with Crippen molar-refractivity contribution < 1.29 is 13.0 Å². The van der Waals surface area contributed by atoms with Gasteiger partial charge in [-0.2, -0.15) is 5.26 Å². The number of nitriles is 1. The number of hydrogen-bond donors (Lipinski definition) is 0. The van der Waals surface area contributed by atoms with Crippen LogP contribution < -0.4 is 0 Å². The first kappa shape index (κ1) is 13.3. The maximum atomic E-state index is 13.4. The third-order valence-corrected chi connectivity index (χ3v) is 3.77. The van der Waals surface area contributed by atoms with Crippen LogP contribution in [0.25, 0.3) is 0 Å². The fraction of sp³-hybridized carbons (Fsp3) is 0.0769. The number of hydrogen-bond acceptors (Lipinski definition) is 3. The van der Waals surface area contributed by atoms with E-state index in [0.717, 1.165) is 18.2 Å². The van der Waals surface area contributed by atoms with Crippen molar-refractivity contribution in [3.8, 4) is 6.07 Å². The molecular formula is C13H8F2N2OS. The van der Waals surface area contributed by atoms with Crippen LogP contribution >= 0.6 is 0 Å². The molecule has 96 valence electrons. The van der Waals surface area contributed by atoms with Gasteiger partial charge < -0.3 is 0 Å². The Kier molecular flexibility index (Phi) is 3.97. The van der Waals surface area contributed by atoms with E-state index in [-0.39, 0.29) is 16.3 Å². The first-order chi connectivity index (χ1) is 9.10. The van der Waals surface area contributed by atoms with Crippen molar-refractivity contribution in [3.05, 3.63) is 59.4 Å². The minimum Gasteiger partial charge on any atom is -0.254 e. The van der Waals surface area contributed by atoms with Crippen molar-refractivity contribution >= 4 is 10.8 Å². The smallest absolute Gasteiger partial charge is 0.140 e. The van der Waals surface area contributed by atoms with E-state index in [1.54, 1.807) is 6.07 Å². The molecule has 1 heterocycles. The van der Waals surface area contributed by atoms with Gasteiger partial charge in [-0.05, 0) is 35.9 Å². The van der Waals surface area contributed by atoms with Gasteiger partial charge in [0.15, 0.2) is 0 Å². The van der Waals surface area contributed by atoms with Crippen LogP contribution in [0, 0.1) is 23.0 Å². The Hall–Kier alpha value is -2.13. The van der Waals surface area contributed by atoms with Gasteiger partial charge in [0, 0.05) is 6.20 Å². The van der Waals surface area contributed by atoms with Gasteiger partial charge in [-0.15, -0.1) is 0 Å². The van der Waals surface area contributed by atoms with Crippen LogP contribution in [0.2, 0.25) is 0 Å². The molecule has 0 spiro atoms. The summed E-state index contributed by atoms with van der Waals surface area (Å²) in [6.07, 6.45) is 1.41. The molecule has 0 N–H and O–H groups in total. The molecule has 0 aliphatic rings. The molecule has 0 saturated carbocycles. The van der Waals surface area contributed by atoms with Crippen molar-refractivity contribution in [2.24, 2.45) is 0 Å². The topological polar surface area (TPSA) is 53.8 Å². The Balaban J connectivity index is 2.26. The quantitative estimate of drug-likeness (QED) is 0.867. The third kappa shape index (κ3) is 3.20. The maximum Gasteiger partial charge on any atom is 0.140 e. The van der Waals surface area contributed by atoms with Gasteiger partial charge in [-0.3, -0.25) is 4.21 Å². The van der Waals surface area contributed by atoms with Crippen LogP contribution in [0.4, 0.5) is 8.78 Å². The van der Waals surface area contributed by atoms with Gasteiger partial charge in [0.2, 0.25) is 0 Å². The van der Waals surface area contributed by atoms with E-state index in [9.17, 15) is 13.0 Å². The summed E-state index contributed by atoms with van der Waals surface area (Å²) in [6, 6.07) is 7.73. The van der Waals surface area contributed by atoms with Gasteiger partial charge in [0.1, 0.15) is 23.4 Å². The lowest BCUT2D eigenvalue weighted by Crippen LogP contribution is -2.01. The highest BCUT2D eigenvalue weighted by Gasteiger charge is 2.12. The summed E-state index contributed by atoms with van der Waals surface area (Å²) in [5.41, 5.74) is 0.766. The van der Waals surface area contributed by atoms with Crippen molar-refractivity contribution in [1.29, 1.82) is 5.26 Å². The Morgan fingerprint density at radius 3 is 2.79 bits per heavy atom. The second-order valence-electron chi connectivity index (χ2n) is 3.73. The predicted molar refractivity (Wildman–Crippen MR) is 65.4 cm³/mol. The summed E-state index contributed by atoms with van der Waals surface area (Å²) in [5.74, 6) is -1.36. The molecule has 0 amide bonds. The lowest BCUT2D eigenvalue weighted by atomic mass is 10.2. The Bertz CT molecular complexity index is 683. The average molecular weight is 278 g/mol. The summed E-state index contributed by atoms with van der Waals surface area (Å²) in [5, 5.41) is 8.70. The predicted octanol–water partition coefficient (Wildman–Crippen LogP) is 2.54. The SMILES string of the molecule is N#Cc1cc(CS(=O)c2cc(F)ccc2F)ccn1. The molecule has 19 heavy (non-hydrogen) atoms. The summed E-state index contributed by atoms with van der Waals surface area (Å²) >= 11 is 0. The highest BCUT2D eigenvalue weighted by Crippen LogP contribution is 2.17. The van der Waals surface area contributed by atoms with E-state index in [0.29, 0.717) is 5.56 Å². The molecule has 0 bridgehead atoms. The Morgan fingerprint density at radius 1 is 1.26 bits per heavy atom. The number of benzene rings is 1. The molecule has 0 radical (unpaired) electrons. The molecule has 0 saturated heterocycles. The summed E-state index contributed by atoms with van der Waals surface area (Å²) < 4.78 is 38.4.